The van der Waals surface area contributed by atoms with Crippen LogP contribution in [0.3, 0.4) is 0 Å². The van der Waals surface area contributed by atoms with Crippen molar-refractivity contribution in [2.75, 3.05) is 0 Å². The maximum absolute atomic E-state index is 13.5. The highest BCUT2D eigenvalue weighted by molar-refractivity contribution is 7.99. The Morgan fingerprint density at radius 1 is 1.26 bits per heavy atom. The molecule has 0 saturated heterocycles. The van der Waals surface area contributed by atoms with Crippen molar-refractivity contribution in [2.24, 2.45) is 5.73 Å². The first-order valence-corrected chi connectivity index (χ1v) is 6.76. The van der Waals surface area contributed by atoms with Crippen LogP contribution in [0.25, 0.3) is 0 Å². The second-order valence-electron chi connectivity index (χ2n) is 4.11. The lowest BCUT2D eigenvalue weighted by Crippen LogP contribution is -2.10. The molecule has 1 aromatic heterocycles. The second-order valence-corrected chi connectivity index (χ2v) is 5.23. The number of nitrogens with two attached hydrogens (primary N) is 1. The summed E-state index contributed by atoms with van der Waals surface area (Å²) in [6.45, 7) is 1.98. The van der Waals surface area contributed by atoms with Crippen molar-refractivity contribution in [2.45, 2.75) is 29.2 Å². The van der Waals surface area contributed by atoms with Crippen LogP contribution in [0.1, 0.15) is 25.1 Å². The van der Waals surface area contributed by atoms with Gasteiger partial charge in [0.15, 0.2) is 0 Å². The smallest absolute Gasteiger partial charge is 0.137 e. The van der Waals surface area contributed by atoms with E-state index in [1.807, 2.05) is 19.1 Å². The first-order valence-electron chi connectivity index (χ1n) is 5.94. The molecule has 1 heterocycles. The number of hydrogen-bond donors (Lipinski definition) is 1. The summed E-state index contributed by atoms with van der Waals surface area (Å²) in [5, 5.41) is 0. The van der Waals surface area contributed by atoms with Gasteiger partial charge in [-0.2, -0.15) is 0 Å². The van der Waals surface area contributed by atoms with Crippen LogP contribution in [0.2, 0.25) is 0 Å². The van der Waals surface area contributed by atoms with Crippen molar-refractivity contribution in [3.05, 3.63) is 53.9 Å². The Morgan fingerprint density at radius 2 is 2.05 bits per heavy atom. The van der Waals surface area contributed by atoms with E-state index < -0.39 is 11.6 Å². The van der Waals surface area contributed by atoms with E-state index in [9.17, 15) is 8.78 Å². The molecule has 5 heteroatoms. The van der Waals surface area contributed by atoms with Gasteiger partial charge in [0.25, 0.3) is 0 Å². The van der Waals surface area contributed by atoms with Crippen LogP contribution in [0.15, 0.2) is 46.3 Å². The van der Waals surface area contributed by atoms with Crippen molar-refractivity contribution in [3.63, 3.8) is 0 Å². The molecular formula is C14H14F2N2S. The fraction of sp³-hybridized carbons (Fsp3) is 0.214. The van der Waals surface area contributed by atoms with E-state index in [0.717, 1.165) is 40.9 Å². The third kappa shape index (κ3) is 3.52. The molecule has 0 fully saturated rings. The summed E-state index contributed by atoms with van der Waals surface area (Å²) in [6.07, 6.45) is 2.43. The summed E-state index contributed by atoms with van der Waals surface area (Å²) in [5.41, 5.74) is 6.66. The zero-order chi connectivity index (χ0) is 13.8. The van der Waals surface area contributed by atoms with E-state index in [1.165, 1.54) is 6.07 Å². The maximum atomic E-state index is 13.5. The van der Waals surface area contributed by atoms with Crippen molar-refractivity contribution in [1.82, 2.24) is 4.98 Å². The Bertz CT molecular complexity index is 558. The Hall–Kier alpha value is -1.46. The van der Waals surface area contributed by atoms with Gasteiger partial charge in [-0.15, -0.1) is 0 Å². The molecule has 2 aromatic rings. The Kier molecular flexibility index (Phi) is 4.50. The fourth-order valence-corrected chi connectivity index (χ4v) is 2.40. The third-order valence-corrected chi connectivity index (χ3v) is 3.71. The first kappa shape index (κ1) is 14.0. The van der Waals surface area contributed by atoms with E-state index in [1.54, 1.807) is 6.20 Å². The lowest BCUT2D eigenvalue weighted by atomic mass is 10.1. The molecule has 100 valence electrons. The van der Waals surface area contributed by atoms with Gasteiger partial charge in [-0.3, -0.25) is 4.98 Å². The fourth-order valence-electron chi connectivity index (χ4n) is 1.56. The Morgan fingerprint density at radius 3 is 2.68 bits per heavy atom. The van der Waals surface area contributed by atoms with E-state index >= 15 is 0 Å². The van der Waals surface area contributed by atoms with Gasteiger partial charge in [0.1, 0.15) is 11.6 Å². The summed E-state index contributed by atoms with van der Waals surface area (Å²) < 4.78 is 26.5. The monoisotopic (exact) mass is 280 g/mol. The standard InChI is InChI=1S/C14H14F2N2S/c1-2-12(17)13-6-4-10(8-18-13)19-14-7-9(15)3-5-11(14)16/h3-8,12H,2,17H2,1H3/t12-/m0/s1. The van der Waals surface area contributed by atoms with E-state index in [2.05, 4.69) is 4.98 Å². The summed E-state index contributed by atoms with van der Waals surface area (Å²) in [7, 11) is 0. The van der Waals surface area contributed by atoms with Crippen LogP contribution in [0.4, 0.5) is 8.78 Å². The summed E-state index contributed by atoms with van der Waals surface area (Å²) in [5.74, 6) is -0.901. The molecule has 0 saturated carbocycles. The van der Waals surface area contributed by atoms with Crippen molar-refractivity contribution < 1.29 is 8.78 Å². The molecule has 0 radical (unpaired) electrons. The van der Waals surface area contributed by atoms with Crippen LogP contribution >= 0.6 is 11.8 Å². The number of hydrogen-bond acceptors (Lipinski definition) is 3. The maximum Gasteiger partial charge on any atom is 0.137 e. The third-order valence-electron chi connectivity index (χ3n) is 2.70. The zero-order valence-electron chi connectivity index (χ0n) is 10.4. The van der Waals surface area contributed by atoms with E-state index in [4.69, 9.17) is 5.73 Å². The molecule has 2 rings (SSSR count). The molecule has 2 nitrogen and oxygen atoms in total. The van der Waals surface area contributed by atoms with Crippen LogP contribution in [-0.4, -0.2) is 4.98 Å². The normalized spacial score (nSPS) is 12.4. The molecule has 1 atom stereocenters. The molecule has 0 bridgehead atoms. The summed E-state index contributed by atoms with van der Waals surface area (Å²) in [6, 6.07) is 6.92. The minimum Gasteiger partial charge on any atom is -0.323 e. The van der Waals surface area contributed by atoms with Gasteiger partial charge in [0.2, 0.25) is 0 Å². The summed E-state index contributed by atoms with van der Waals surface area (Å²) in [4.78, 5) is 5.23. The van der Waals surface area contributed by atoms with Crippen LogP contribution in [-0.2, 0) is 0 Å². The lowest BCUT2D eigenvalue weighted by Gasteiger charge is -2.08. The molecule has 0 aliphatic heterocycles. The number of pyridine rings is 1. The minimum absolute atomic E-state index is 0.0926. The van der Waals surface area contributed by atoms with E-state index in [-0.39, 0.29) is 10.9 Å². The number of nitrogens with zero attached hydrogens (tertiary/aromatic N) is 1. The molecule has 19 heavy (non-hydrogen) atoms. The molecule has 0 aliphatic rings. The largest absolute Gasteiger partial charge is 0.323 e. The number of rotatable bonds is 4. The van der Waals surface area contributed by atoms with Gasteiger partial charge in [-0.1, -0.05) is 18.7 Å². The minimum atomic E-state index is -0.457. The topological polar surface area (TPSA) is 38.9 Å². The number of aromatic nitrogens is 1. The molecule has 0 aliphatic carbocycles. The van der Waals surface area contributed by atoms with Gasteiger partial charge >= 0.3 is 0 Å². The molecule has 0 amide bonds. The van der Waals surface area contributed by atoms with Gasteiger partial charge in [-0.25, -0.2) is 8.78 Å². The highest BCUT2D eigenvalue weighted by Crippen LogP contribution is 2.30. The van der Waals surface area contributed by atoms with Crippen LogP contribution < -0.4 is 5.73 Å². The average molecular weight is 280 g/mol. The molecular weight excluding hydrogens is 266 g/mol. The second kappa shape index (κ2) is 6.12. The highest BCUT2D eigenvalue weighted by Gasteiger charge is 2.08. The Labute approximate surface area is 115 Å². The summed E-state index contributed by atoms with van der Waals surface area (Å²) >= 11 is 1.14. The zero-order valence-corrected chi connectivity index (χ0v) is 11.3. The molecule has 2 N–H and O–H groups in total. The van der Waals surface area contributed by atoms with Crippen LogP contribution in [0.5, 0.6) is 0 Å². The van der Waals surface area contributed by atoms with Gasteiger partial charge < -0.3 is 5.73 Å². The van der Waals surface area contributed by atoms with E-state index in [0.29, 0.717) is 0 Å². The predicted molar refractivity (Wildman–Crippen MR) is 71.9 cm³/mol. The SMILES string of the molecule is CC[C@H](N)c1ccc(Sc2cc(F)ccc2F)cn1. The van der Waals surface area contributed by atoms with Crippen molar-refractivity contribution in [1.29, 1.82) is 0 Å². The highest BCUT2D eigenvalue weighted by atomic mass is 32.2. The quantitative estimate of drug-likeness (QED) is 0.922. The van der Waals surface area contributed by atoms with Crippen LogP contribution in [0, 0.1) is 11.6 Å². The van der Waals surface area contributed by atoms with Gasteiger partial charge in [-0.05, 0) is 36.8 Å². The predicted octanol–water partition coefficient (Wildman–Crippen LogP) is 3.92. The van der Waals surface area contributed by atoms with Gasteiger partial charge in [0, 0.05) is 17.1 Å². The van der Waals surface area contributed by atoms with Gasteiger partial charge in [0.05, 0.1) is 10.6 Å². The first-order chi connectivity index (χ1) is 9.10. The Balaban J connectivity index is 2.17. The van der Waals surface area contributed by atoms with Crippen molar-refractivity contribution in [3.8, 4) is 0 Å². The molecule has 0 unspecified atom stereocenters. The molecule has 0 spiro atoms. The average Bonchev–Trinajstić information content (AvgIpc) is 2.43. The molecule has 1 aromatic carbocycles. The van der Waals surface area contributed by atoms with Crippen molar-refractivity contribution >= 4 is 11.8 Å². The number of benzene rings is 1. The number of halogens is 2. The lowest BCUT2D eigenvalue weighted by molar-refractivity contribution is 0.577.